The predicted octanol–water partition coefficient (Wildman–Crippen LogP) is 3.24. The maximum Gasteiger partial charge on any atom is 0.122 e. The maximum atomic E-state index is 6.42. The standard InChI is InChI=1S/C16H23NO/c1-18-15-8-4-7-13-12(15)9-10-14(17)16(13)11-5-2-3-6-11/h4,7-8,11,14,16H,2-3,5-6,9-10,17H2,1H3. The summed E-state index contributed by atoms with van der Waals surface area (Å²) in [6.45, 7) is 0. The van der Waals surface area contributed by atoms with Crippen LogP contribution in [0.25, 0.3) is 0 Å². The van der Waals surface area contributed by atoms with Gasteiger partial charge >= 0.3 is 0 Å². The monoisotopic (exact) mass is 245 g/mol. The molecule has 0 aliphatic heterocycles. The minimum Gasteiger partial charge on any atom is -0.496 e. The average molecular weight is 245 g/mol. The largest absolute Gasteiger partial charge is 0.496 e. The van der Waals surface area contributed by atoms with Gasteiger partial charge in [-0.1, -0.05) is 25.0 Å². The number of benzene rings is 1. The van der Waals surface area contributed by atoms with Crippen molar-refractivity contribution in [2.24, 2.45) is 11.7 Å². The van der Waals surface area contributed by atoms with E-state index in [2.05, 4.69) is 18.2 Å². The van der Waals surface area contributed by atoms with Crippen molar-refractivity contribution in [1.29, 1.82) is 0 Å². The minimum atomic E-state index is 0.340. The zero-order chi connectivity index (χ0) is 12.5. The highest BCUT2D eigenvalue weighted by atomic mass is 16.5. The van der Waals surface area contributed by atoms with Gasteiger partial charge < -0.3 is 10.5 Å². The van der Waals surface area contributed by atoms with Crippen molar-refractivity contribution in [2.45, 2.75) is 50.5 Å². The summed E-state index contributed by atoms with van der Waals surface area (Å²) in [4.78, 5) is 0. The van der Waals surface area contributed by atoms with Crippen molar-refractivity contribution in [2.75, 3.05) is 7.11 Å². The van der Waals surface area contributed by atoms with Crippen LogP contribution in [-0.2, 0) is 6.42 Å². The first-order chi connectivity index (χ1) is 8.81. The van der Waals surface area contributed by atoms with Gasteiger partial charge in [0.1, 0.15) is 5.75 Å². The molecule has 98 valence electrons. The lowest BCUT2D eigenvalue weighted by molar-refractivity contribution is 0.335. The van der Waals surface area contributed by atoms with Crippen molar-refractivity contribution in [3.05, 3.63) is 29.3 Å². The molecule has 0 heterocycles. The molecule has 1 fully saturated rings. The molecule has 1 aromatic carbocycles. The van der Waals surface area contributed by atoms with Crippen LogP contribution in [-0.4, -0.2) is 13.2 Å². The van der Waals surface area contributed by atoms with Crippen LogP contribution in [0.2, 0.25) is 0 Å². The van der Waals surface area contributed by atoms with Gasteiger partial charge in [-0.2, -0.15) is 0 Å². The Balaban J connectivity index is 2.00. The van der Waals surface area contributed by atoms with Gasteiger partial charge in [0.05, 0.1) is 7.11 Å². The van der Waals surface area contributed by atoms with Gasteiger partial charge in [-0.15, -0.1) is 0 Å². The molecule has 2 aliphatic rings. The van der Waals surface area contributed by atoms with Gasteiger partial charge in [-0.3, -0.25) is 0 Å². The van der Waals surface area contributed by atoms with Crippen LogP contribution < -0.4 is 10.5 Å². The van der Waals surface area contributed by atoms with E-state index in [0.717, 1.165) is 24.5 Å². The van der Waals surface area contributed by atoms with E-state index >= 15 is 0 Å². The van der Waals surface area contributed by atoms with Gasteiger partial charge in [0.25, 0.3) is 0 Å². The van der Waals surface area contributed by atoms with E-state index in [4.69, 9.17) is 10.5 Å². The lowest BCUT2D eigenvalue weighted by Crippen LogP contribution is -2.36. The number of rotatable bonds is 2. The van der Waals surface area contributed by atoms with Crippen molar-refractivity contribution >= 4 is 0 Å². The van der Waals surface area contributed by atoms with Crippen molar-refractivity contribution in [3.63, 3.8) is 0 Å². The molecule has 0 bridgehead atoms. The number of nitrogens with two attached hydrogens (primary N) is 1. The summed E-state index contributed by atoms with van der Waals surface area (Å²) in [5.74, 6) is 2.42. The van der Waals surface area contributed by atoms with Crippen molar-refractivity contribution in [1.82, 2.24) is 0 Å². The van der Waals surface area contributed by atoms with Crippen molar-refractivity contribution in [3.8, 4) is 5.75 Å². The molecule has 0 saturated heterocycles. The third-order valence-electron chi connectivity index (χ3n) is 4.84. The molecule has 2 unspecified atom stereocenters. The predicted molar refractivity (Wildman–Crippen MR) is 74.0 cm³/mol. The van der Waals surface area contributed by atoms with E-state index in [1.165, 1.54) is 36.8 Å². The number of hydrogen-bond donors (Lipinski definition) is 1. The van der Waals surface area contributed by atoms with Gasteiger partial charge in [-0.05, 0) is 48.8 Å². The van der Waals surface area contributed by atoms with Crippen LogP contribution in [0.5, 0.6) is 5.75 Å². The molecule has 0 radical (unpaired) electrons. The van der Waals surface area contributed by atoms with Crippen LogP contribution in [0, 0.1) is 5.92 Å². The number of methoxy groups -OCH3 is 1. The quantitative estimate of drug-likeness (QED) is 0.868. The summed E-state index contributed by atoms with van der Waals surface area (Å²) in [6, 6.07) is 6.83. The van der Waals surface area contributed by atoms with E-state index in [-0.39, 0.29) is 0 Å². The average Bonchev–Trinajstić information content (AvgIpc) is 2.91. The van der Waals surface area contributed by atoms with Crippen LogP contribution >= 0.6 is 0 Å². The third-order valence-corrected chi connectivity index (χ3v) is 4.84. The molecule has 1 aromatic rings. The van der Waals surface area contributed by atoms with E-state index in [1.807, 2.05) is 0 Å². The Labute approximate surface area is 110 Å². The summed E-state index contributed by atoms with van der Waals surface area (Å²) in [5, 5.41) is 0. The molecule has 0 spiro atoms. The van der Waals surface area contributed by atoms with Crippen LogP contribution in [0.1, 0.15) is 49.1 Å². The summed E-state index contributed by atoms with van der Waals surface area (Å²) in [6.07, 6.45) is 7.66. The lowest BCUT2D eigenvalue weighted by atomic mass is 9.72. The first-order valence-electron chi connectivity index (χ1n) is 7.22. The smallest absolute Gasteiger partial charge is 0.122 e. The normalized spacial score (nSPS) is 28.1. The molecule has 0 amide bonds. The highest BCUT2D eigenvalue weighted by Gasteiger charge is 2.35. The van der Waals surface area contributed by atoms with E-state index in [0.29, 0.717) is 12.0 Å². The van der Waals surface area contributed by atoms with Crippen LogP contribution in [0.15, 0.2) is 18.2 Å². The topological polar surface area (TPSA) is 35.2 Å². The van der Waals surface area contributed by atoms with Gasteiger partial charge in [-0.25, -0.2) is 0 Å². The summed E-state index contributed by atoms with van der Waals surface area (Å²) in [7, 11) is 1.77. The highest BCUT2D eigenvalue weighted by molar-refractivity contribution is 5.45. The fraction of sp³-hybridized carbons (Fsp3) is 0.625. The molecule has 2 heteroatoms. The Morgan fingerprint density at radius 3 is 2.67 bits per heavy atom. The van der Waals surface area contributed by atoms with E-state index < -0.39 is 0 Å². The molecule has 0 aromatic heterocycles. The summed E-state index contributed by atoms with van der Waals surface area (Å²) >= 11 is 0. The number of fused-ring (bicyclic) bond motifs is 1. The molecular weight excluding hydrogens is 222 g/mol. The first-order valence-corrected chi connectivity index (χ1v) is 7.22. The molecule has 18 heavy (non-hydrogen) atoms. The molecule has 2 aliphatic carbocycles. The fourth-order valence-corrected chi connectivity index (χ4v) is 3.99. The zero-order valence-corrected chi connectivity index (χ0v) is 11.2. The number of ether oxygens (including phenoxy) is 1. The lowest BCUT2D eigenvalue weighted by Gasteiger charge is -2.36. The second kappa shape index (κ2) is 4.93. The number of hydrogen-bond acceptors (Lipinski definition) is 2. The zero-order valence-electron chi connectivity index (χ0n) is 11.2. The third kappa shape index (κ3) is 1.93. The Bertz CT molecular complexity index is 423. The molecule has 2 atom stereocenters. The van der Waals surface area contributed by atoms with E-state index in [9.17, 15) is 0 Å². The van der Waals surface area contributed by atoms with Gasteiger partial charge in [0.2, 0.25) is 0 Å². The Hall–Kier alpha value is -1.02. The maximum absolute atomic E-state index is 6.42. The molecule has 3 rings (SSSR count). The SMILES string of the molecule is COc1cccc2c1CCC(N)C2C1CCCC1. The van der Waals surface area contributed by atoms with Crippen LogP contribution in [0.3, 0.4) is 0 Å². The van der Waals surface area contributed by atoms with E-state index in [1.54, 1.807) is 7.11 Å². The Morgan fingerprint density at radius 1 is 1.17 bits per heavy atom. The second-order valence-electron chi connectivity index (χ2n) is 5.80. The Morgan fingerprint density at radius 2 is 1.94 bits per heavy atom. The minimum absolute atomic E-state index is 0.340. The fourth-order valence-electron chi connectivity index (χ4n) is 3.99. The van der Waals surface area contributed by atoms with Crippen molar-refractivity contribution < 1.29 is 4.74 Å². The first kappa shape index (κ1) is 12.0. The molecular formula is C16H23NO. The second-order valence-corrected chi connectivity index (χ2v) is 5.80. The molecule has 2 N–H and O–H groups in total. The van der Waals surface area contributed by atoms with Gasteiger partial charge in [0.15, 0.2) is 0 Å². The summed E-state index contributed by atoms with van der Waals surface area (Å²) in [5.41, 5.74) is 9.31. The Kier molecular flexibility index (Phi) is 3.29. The summed E-state index contributed by atoms with van der Waals surface area (Å²) < 4.78 is 5.52. The van der Waals surface area contributed by atoms with Gasteiger partial charge in [0, 0.05) is 12.0 Å². The van der Waals surface area contributed by atoms with Crippen LogP contribution in [0.4, 0.5) is 0 Å². The molecule has 2 nitrogen and oxygen atoms in total. The highest BCUT2D eigenvalue weighted by Crippen LogP contribution is 2.45. The molecule has 1 saturated carbocycles.